The first kappa shape index (κ1) is 19.5. The summed E-state index contributed by atoms with van der Waals surface area (Å²) in [5.74, 6) is 1.83. The van der Waals surface area contributed by atoms with E-state index in [0.29, 0.717) is 0 Å². The van der Waals surface area contributed by atoms with Crippen molar-refractivity contribution in [3.8, 4) is 11.4 Å². The number of fused-ring (bicyclic) bond motifs is 1. The van der Waals surface area contributed by atoms with E-state index >= 15 is 0 Å². The SMILES string of the molecule is Cc1ncc(CN2CCCC(C(=O)Nc3ccc(-c4nc5ccccc5[nH]4)cc3)C2)[nH]1. The second-order valence-corrected chi connectivity index (χ2v) is 8.24. The summed E-state index contributed by atoms with van der Waals surface area (Å²) in [6.45, 7) is 4.53. The molecule has 0 saturated carbocycles. The number of likely N-dealkylation sites (tertiary alicyclic amines) is 1. The summed E-state index contributed by atoms with van der Waals surface area (Å²) < 4.78 is 0. The van der Waals surface area contributed by atoms with Gasteiger partial charge in [-0.1, -0.05) is 12.1 Å². The van der Waals surface area contributed by atoms with Crippen molar-refractivity contribution in [2.24, 2.45) is 5.92 Å². The number of benzene rings is 2. The van der Waals surface area contributed by atoms with E-state index in [1.807, 2.05) is 61.7 Å². The number of anilines is 1. The first-order chi connectivity index (χ1) is 15.1. The van der Waals surface area contributed by atoms with Gasteiger partial charge < -0.3 is 15.3 Å². The molecule has 1 aliphatic heterocycles. The molecule has 7 heteroatoms. The van der Waals surface area contributed by atoms with Gasteiger partial charge in [0, 0.05) is 36.2 Å². The van der Waals surface area contributed by atoms with Crippen molar-refractivity contribution in [1.29, 1.82) is 0 Å². The first-order valence-electron chi connectivity index (χ1n) is 10.7. The Kier molecular flexibility index (Phi) is 5.26. The van der Waals surface area contributed by atoms with Gasteiger partial charge in [0.25, 0.3) is 0 Å². The van der Waals surface area contributed by atoms with E-state index in [4.69, 9.17) is 0 Å². The Morgan fingerprint density at radius 2 is 2.00 bits per heavy atom. The number of hydrogen-bond donors (Lipinski definition) is 3. The van der Waals surface area contributed by atoms with Gasteiger partial charge in [-0.3, -0.25) is 9.69 Å². The predicted octanol–water partition coefficient (Wildman–Crippen LogP) is 4.11. The Morgan fingerprint density at radius 1 is 1.16 bits per heavy atom. The smallest absolute Gasteiger partial charge is 0.228 e. The molecular weight excluding hydrogens is 388 g/mol. The number of nitrogens with one attached hydrogen (secondary N) is 3. The number of aryl methyl sites for hydroxylation is 1. The van der Waals surface area contributed by atoms with Crippen LogP contribution in [0.15, 0.2) is 54.7 Å². The zero-order valence-electron chi connectivity index (χ0n) is 17.6. The number of carbonyl (C=O) groups is 1. The van der Waals surface area contributed by atoms with Crippen LogP contribution in [0.5, 0.6) is 0 Å². The number of hydrogen-bond acceptors (Lipinski definition) is 4. The van der Waals surface area contributed by atoms with Gasteiger partial charge in [0.15, 0.2) is 0 Å². The summed E-state index contributed by atoms with van der Waals surface area (Å²) >= 11 is 0. The normalized spacial score (nSPS) is 17.1. The summed E-state index contributed by atoms with van der Waals surface area (Å²) in [5, 5.41) is 3.09. The Hall–Kier alpha value is -3.45. The van der Waals surface area contributed by atoms with Gasteiger partial charge in [-0.05, 0) is 62.7 Å². The highest BCUT2D eigenvalue weighted by molar-refractivity contribution is 5.93. The lowest BCUT2D eigenvalue weighted by Crippen LogP contribution is -2.40. The lowest BCUT2D eigenvalue weighted by molar-refractivity contribution is -0.121. The van der Waals surface area contributed by atoms with E-state index in [0.717, 1.165) is 72.1 Å². The zero-order chi connectivity index (χ0) is 21.2. The quantitative estimate of drug-likeness (QED) is 0.458. The molecule has 0 radical (unpaired) electrons. The number of amides is 1. The molecule has 1 saturated heterocycles. The lowest BCUT2D eigenvalue weighted by Gasteiger charge is -2.31. The fraction of sp³-hybridized carbons (Fsp3) is 0.292. The molecule has 1 unspecified atom stereocenters. The second-order valence-electron chi connectivity index (χ2n) is 8.24. The summed E-state index contributed by atoms with van der Waals surface area (Å²) in [4.78, 5) is 30.7. The molecular formula is C24H26N6O. The fourth-order valence-corrected chi connectivity index (χ4v) is 4.25. The molecule has 31 heavy (non-hydrogen) atoms. The third-order valence-corrected chi connectivity index (χ3v) is 5.84. The van der Waals surface area contributed by atoms with Gasteiger partial charge in [0.05, 0.1) is 17.0 Å². The number of imidazole rings is 2. The van der Waals surface area contributed by atoms with Crippen molar-refractivity contribution in [2.75, 3.05) is 18.4 Å². The molecule has 1 atom stereocenters. The number of para-hydroxylation sites is 2. The van der Waals surface area contributed by atoms with Crippen LogP contribution in [0.4, 0.5) is 5.69 Å². The van der Waals surface area contributed by atoms with Crippen molar-refractivity contribution in [1.82, 2.24) is 24.8 Å². The fourth-order valence-electron chi connectivity index (χ4n) is 4.25. The number of rotatable bonds is 5. The largest absolute Gasteiger partial charge is 0.345 e. The molecule has 2 aromatic carbocycles. The Labute approximate surface area is 180 Å². The average Bonchev–Trinajstić information content (AvgIpc) is 3.40. The van der Waals surface area contributed by atoms with Crippen molar-refractivity contribution < 1.29 is 4.79 Å². The Morgan fingerprint density at radius 3 is 2.77 bits per heavy atom. The summed E-state index contributed by atoms with van der Waals surface area (Å²) in [7, 11) is 0. The molecule has 7 nitrogen and oxygen atoms in total. The van der Waals surface area contributed by atoms with Crippen LogP contribution < -0.4 is 5.32 Å². The van der Waals surface area contributed by atoms with E-state index in [2.05, 4.69) is 30.2 Å². The molecule has 3 heterocycles. The van der Waals surface area contributed by atoms with Crippen LogP contribution in [-0.4, -0.2) is 43.8 Å². The summed E-state index contributed by atoms with van der Waals surface area (Å²) in [6.07, 6.45) is 3.82. The van der Waals surface area contributed by atoms with Crippen LogP contribution >= 0.6 is 0 Å². The lowest BCUT2D eigenvalue weighted by atomic mass is 9.97. The minimum atomic E-state index is -0.00665. The Balaban J connectivity index is 1.21. The van der Waals surface area contributed by atoms with E-state index in [1.165, 1.54) is 0 Å². The predicted molar refractivity (Wildman–Crippen MR) is 121 cm³/mol. The minimum Gasteiger partial charge on any atom is -0.345 e. The molecule has 1 amide bonds. The van der Waals surface area contributed by atoms with Crippen LogP contribution in [0, 0.1) is 12.8 Å². The van der Waals surface area contributed by atoms with Crippen molar-refractivity contribution >= 4 is 22.6 Å². The monoisotopic (exact) mass is 414 g/mol. The van der Waals surface area contributed by atoms with Crippen LogP contribution in [-0.2, 0) is 11.3 Å². The molecule has 4 aromatic rings. The molecule has 0 aliphatic carbocycles. The van der Waals surface area contributed by atoms with Crippen LogP contribution in [0.25, 0.3) is 22.4 Å². The highest BCUT2D eigenvalue weighted by atomic mass is 16.1. The van der Waals surface area contributed by atoms with Crippen LogP contribution in [0.1, 0.15) is 24.4 Å². The molecule has 158 valence electrons. The maximum Gasteiger partial charge on any atom is 0.228 e. The molecule has 0 bridgehead atoms. The Bertz CT molecular complexity index is 1160. The molecule has 5 rings (SSSR count). The van der Waals surface area contributed by atoms with Gasteiger partial charge in [-0.2, -0.15) is 0 Å². The number of H-pyrrole nitrogens is 2. The standard InChI is InChI=1S/C24H26N6O/c1-16-25-13-20(26-16)15-30-12-4-5-18(14-30)24(31)27-19-10-8-17(9-11-19)23-28-21-6-2-3-7-22(21)29-23/h2-3,6-11,13,18H,4-5,12,14-15H2,1H3,(H,25,26)(H,27,31)(H,28,29). The number of aromatic nitrogens is 4. The summed E-state index contributed by atoms with van der Waals surface area (Å²) in [5.41, 5.74) is 4.86. The summed E-state index contributed by atoms with van der Waals surface area (Å²) in [6, 6.07) is 15.8. The van der Waals surface area contributed by atoms with Gasteiger partial charge in [0.2, 0.25) is 5.91 Å². The van der Waals surface area contributed by atoms with E-state index in [-0.39, 0.29) is 11.8 Å². The molecule has 1 fully saturated rings. The number of nitrogens with zero attached hydrogens (tertiary/aromatic N) is 3. The van der Waals surface area contributed by atoms with Crippen molar-refractivity contribution in [3.05, 3.63) is 66.2 Å². The highest BCUT2D eigenvalue weighted by Gasteiger charge is 2.26. The van der Waals surface area contributed by atoms with E-state index < -0.39 is 0 Å². The van der Waals surface area contributed by atoms with Crippen LogP contribution in [0.3, 0.4) is 0 Å². The maximum absolute atomic E-state index is 12.9. The highest BCUT2D eigenvalue weighted by Crippen LogP contribution is 2.24. The molecule has 0 spiro atoms. The second kappa shape index (κ2) is 8.35. The minimum absolute atomic E-state index is 0.00665. The number of aromatic amines is 2. The maximum atomic E-state index is 12.9. The topological polar surface area (TPSA) is 89.7 Å². The van der Waals surface area contributed by atoms with Crippen molar-refractivity contribution in [2.45, 2.75) is 26.3 Å². The zero-order valence-corrected chi connectivity index (χ0v) is 17.6. The molecule has 1 aliphatic rings. The van der Waals surface area contributed by atoms with Gasteiger partial charge in [-0.25, -0.2) is 9.97 Å². The van der Waals surface area contributed by atoms with Crippen LogP contribution in [0.2, 0.25) is 0 Å². The van der Waals surface area contributed by atoms with Crippen molar-refractivity contribution in [3.63, 3.8) is 0 Å². The van der Waals surface area contributed by atoms with E-state index in [1.54, 1.807) is 0 Å². The first-order valence-corrected chi connectivity index (χ1v) is 10.7. The van der Waals surface area contributed by atoms with Gasteiger partial charge >= 0.3 is 0 Å². The molecule has 2 aromatic heterocycles. The number of carbonyl (C=O) groups excluding carboxylic acids is 1. The molecule has 3 N–H and O–H groups in total. The van der Waals surface area contributed by atoms with E-state index in [9.17, 15) is 4.79 Å². The third-order valence-electron chi connectivity index (χ3n) is 5.84. The number of piperidine rings is 1. The average molecular weight is 415 g/mol. The van der Waals surface area contributed by atoms with Gasteiger partial charge in [-0.15, -0.1) is 0 Å². The third kappa shape index (κ3) is 4.36. The van der Waals surface area contributed by atoms with Gasteiger partial charge in [0.1, 0.15) is 11.6 Å².